The van der Waals surface area contributed by atoms with Crippen LogP contribution in [0.4, 0.5) is 11.4 Å². The quantitative estimate of drug-likeness (QED) is 0.664. The average molecular weight is 292 g/mol. The standard InChI is InChI=1S/C7H7NO3.C7H9NO2/c1-11-7-4-2-3-6(5-7)8(9)10;1-10-7-4-2-3-6(5-7)8-9/h2-5H,1H3;2-5,8-9H,1H3. The van der Waals surface area contributed by atoms with E-state index in [4.69, 9.17) is 14.7 Å². The van der Waals surface area contributed by atoms with E-state index in [1.54, 1.807) is 43.5 Å². The lowest BCUT2D eigenvalue weighted by Crippen LogP contribution is -1.89. The van der Waals surface area contributed by atoms with Crippen molar-refractivity contribution < 1.29 is 19.6 Å². The number of nitro groups is 1. The number of nitro benzene ring substituents is 1. The van der Waals surface area contributed by atoms with Crippen LogP contribution in [-0.4, -0.2) is 24.4 Å². The third-order valence-electron chi connectivity index (χ3n) is 2.46. The van der Waals surface area contributed by atoms with Gasteiger partial charge in [-0.05, 0) is 18.2 Å². The molecule has 0 amide bonds. The van der Waals surface area contributed by atoms with Crippen LogP contribution >= 0.6 is 0 Å². The highest BCUT2D eigenvalue weighted by Crippen LogP contribution is 2.18. The molecule has 7 heteroatoms. The first-order valence-electron chi connectivity index (χ1n) is 5.93. The molecule has 0 aliphatic rings. The molecule has 2 rings (SSSR count). The first kappa shape index (κ1) is 16.3. The van der Waals surface area contributed by atoms with E-state index in [9.17, 15) is 10.1 Å². The van der Waals surface area contributed by atoms with Crippen LogP contribution in [-0.2, 0) is 0 Å². The van der Waals surface area contributed by atoms with Gasteiger partial charge in [0.2, 0.25) is 0 Å². The van der Waals surface area contributed by atoms with E-state index >= 15 is 0 Å². The van der Waals surface area contributed by atoms with Crippen molar-refractivity contribution in [2.45, 2.75) is 0 Å². The average Bonchev–Trinajstić information content (AvgIpc) is 2.55. The van der Waals surface area contributed by atoms with E-state index in [-0.39, 0.29) is 5.69 Å². The summed E-state index contributed by atoms with van der Waals surface area (Å²) in [6, 6.07) is 13.1. The molecule has 0 saturated carbocycles. The molecule has 0 unspecified atom stereocenters. The van der Waals surface area contributed by atoms with Crippen LogP contribution in [0.25, 0.3) is 0 Å². The summed E-state index contributed by atoms with van der Waals surface area (Å²) < 4.78 is 9.71. The highest BCUT2D eigenvalue weighted by molar-refractivity contribution is 5.46. The zero-order valence-corrected chi connectivity index (χ0v) is 11.6. The van der Waals surface area contributed by atoms with Gasteiger partial charge in [0, 0.05) is 12.1 Å². The monoisotopic (exact) mass is 292 g/mol. The number of nitrogens with zero attached hydrogens (tertiary/aromatic N) is 1. The normalized spacial score (nSPS) is 9.10. The summed E-state index contributed by atoms with van der Waals surface area (Å²) in [7, 11) is 3.05. The van der Waals surface area contributed by atoms with Crippen molar-refractivity contribution in [2.24, 2.45) is 0 Å². The fourth-order valence-electron chi connectivity index (χ4n) is 1.42. The SMILES string of the molecule is COc1cccc(NO)c1.COc1cccc([N+](=O)[O-])c1. The molecule has 2 aromatic carbocycles. The van der Waals surface area contributed by atoms with Gasteiger partial charge in [0.05, 0.1) is 30.9 Å². The van der Waals surface area contributed by atoms with Gasteiger partial charge in [0.25, 0.3) is 5.69 Å². The van der Waals surface area contributed by atoms with Gasteiger partial charge in [-0.25, -0.2) is 0 Å². The number of methoxy groups -OCH3 is 2. The van der Waals surface area contributed by atoms with Crippen LogP contribution in [0.3, 0.4) is 0 Å². The maximum atomic E-state index is 10.2. The number of hydrogen-bond donors (Lipinski definition) is 2. The van der Waals surface area contributed by atoms with Crippen LogP contribution < -0.4 is 15.0 Å². The Balaban J connectivity index is 0.000000211. The maximum Gasteiger partial charge on any atom is 0.273 e. The van der Waals surface area contributed by atoms with Crippen LogP contribution in [0.5, 0.6) is 11.5 Å². The molecular weight excluding hydrogens is 276 g/mol. The van der Waals surface area contributed by atoms with Gasteiger partial charge in [0.15, 0.2) is 0 Å². The smallest absolute Gasteiger partial charge is 0.273 e. The molecule has 2 N–H and O–H groups in total. The number of rotatable bonds is 4. The summed E-state index contributed by atoms with van der Waals surface area (Å²) in [5, 5.41) is 18.7. The highest BCUT2D eigenvalue weighted by Gasteiger charge is 2.04. The van der Waals surface area contributed by atoms with Crippen LogP contribution in [0.1, 0.15) is 0 Å². The van der Waals surface area contributed by atoms with E-state index < -0.39 is 4.92 Å². The molecule has 21 heavy (non-hydrogen) atoms. The zero-order chi connectivity index (χ0) is 15.7. The Bertz CT molecular complexity index is 570. The summed E-state index contributed by atoms with van der Waals surface area (Å²) in [6.45, 7) is 0. The molecule has 0 aliphatic heterocycles. The molecule has 0 saturated heterocycles. The van der Waals surface area contributed by atoms with Gasteiger partial charge in [-0.1, -0.05) is 12.1 Å². The number of nitrogens with one attached hydrogen (secondary N) is 1. The van der Waals surface area contributed by atoms with Crippen molar-refractivity contribution >= 4 is 11.4 Å². The van der Waals surface area contributed by atoms with E-state index in [0.717, 1.165) is 5.75 Å². The molecule has 0 heterocycles. The molecule has 0 fully saturated rings. The lowest BCUT2D eigenvalue weighted by atomic mass is 10.3. The Hall–Kier alpha value is -2.80. The molecule has 0 aliphatic carbocycles. The third-order valence-corrected chi connectivity index (χ3v) is 2.46. The van der Waals surface area contributed by atoms with Gasteiger partial charge in [-0.3, -0.25) is 20.8 Å². The molecule has 0 bridgehead atoms. The minimum atomic E-state index is -0.456. The minimum absolute atomic E-state index is 0.0457. The number of anilines is 1. The van der Waals surface area contributed by atoms with Crippen LogP contribution in [0.15, 0.2) is 48.5 Å². The van der Waals surface area contributed by atoms with E-state index in [1.165, 1.54) is 19.2 Å². The first-order valence-corrected chi connectivity index (χ1v) is 5.93. The van der Waals surface area contributed by atoms with Gasteiger partial charge < -0.3 is 9.47 Å². The topological polar surface area (TPSA) is 93.9 Å². The van der Waals surface area contributed by atoms with Crippen molar-refractivity contribution in [1.29, 1.82) is 0 Å². The van der Waals surface area contributed by atoms with Crippen molar-refractivity contribution in [3.05, 3.63) is 58.6 Å². The Morgan fingerprint density at radius 1 is 1.05 bits per heavy atom. The largest absolute Gasteiger partial charge is 0.497 e. The Kier molecular flexibility index (Phi) is 6.49. The molecule has 112 valence electrons. The van der Waals surface area contributed by atoms with Crippen molar-refractivity contribution in [2.75, 3.05) is 19.7 Å². The second-order valence-electron chi connectivity index (χ2n) is 3.80. The van der Waals surface area contributed by atoms with E-state index in [2.05, 4.69) is 0 Å². The maximum absolute atomic E-state index is 10.2. The third kappa shape index (κ3) is 5.37. The number of benzene rings is 2. The summed E-state index contributed by atoms with van der Waals surface area (Å²) in [5.41, 5.74) is 2.69. The fraction of sp³-hybridized carbons (Fsp3) is 0.143. The van der Waals surface area contributed by atoms with Gasteiger partial charge in [0.1, 0.15) is 11.5 Å². The lowest BCUT2D eigenvalue weighted by Gasteiger charge is -2.00. The van der Waals surface area contributed by atoms with Gasteiger partial charge in [-0.15, -0.1) is 0 Å². The molecule has 7 nitrogen and oxygen atoms in total. The van der Waals surface area contributed by atoms with Crippen molar-refractivity contribution in [1.82, 2.24) is 0 Å². The van der Waals surface area contributed by atoms with Gasteiger partial charge >= 0.3 is 0 Å². The Morgan fingerprint density at radius 3 is 2.14 bits per heavy atom. The molecular formula is C14H16N2O5. The first-order chi connectivity index (χ1) is 10.1. The van der Waals surface area contributed by atoms with E-state index in [0.29, 0.717) is 11.4 Å². The summed E-state index contributed by atoms with van der Waals surface area (Å²) in [5.74, 6) is 1.22. The molecule has 0 atom stereocenters. The number of hydrogen-bond acceptors (Lipinski definition) is 6. The molecule has 0 radical (unpaired) electrons. The lowest BCUT2D eigenvalue weighted by molar-refractivity contribution is -0.384. The van der Waals surface area contributed by atoms with Gasteiger partial charge in [-0.2, -0.15) is 0 Å². The highest BCUT2D eigenvalue weighted by atomic mass is 16.6. The van der Waals surface area contributed by atoms with Crippen molar-refractivity contribution in [3.8, 4) is 11.5 Å². The zero-order valence-electron chi connectivity index (χ0n) is 11.6. The predicted molar refractivity (Wildman–Crippen MR) is 78.1 cm³/mol. The predicted octanol–water partition coefficient (Wildman–Crippen LogP) is 3.10. The van der Waals surface area contributed by atoms with Crippen LogP contribution in [0.2, 0.25) is 0 Å². The number of non-ortho nitro benzene ring substituents is 1. The summed E-state index contributed by atoms with van der Waals surface area (Å²) >= 11 is 0. The van der Waals surface area contributed by atoms with E-state index in [1.807, 2.05) is 5.48 Å². The minimum Gasteiger partial charge on any atom is -0.497 e. The second-order valence-corrected chi connectivity index (χ2v) is 3.80. The Labute approximate surface area is 121 Å². The molecule has 2 aromatic rings. The molecule has 0 aromatic heterocycles. The van der Waals surface area contributed by atoms with Crippen LogP contribution in [0, 0.1) is 10.1 Å². The summed E-state index contributed by atoms with van der Waals surface area (Å²) in [6.07, 6.45) is 0. The van der Waals surface area contributed by atoms with Crippen molar-refractivity contribution in [3.63, 3.8) is 0 Å². The molecule has 0 spiro atoms. The fourth-order valence-corrected chi connectivity index (χ4v) is 1.42. The Morgan fingerprint density at radius 2 is 1.62 bits per heavy atom. The number of ether oxygens (including phenoxy) is 2. The second kappa shape index (κ2) is 8.39. The summed E-state index contributed by atoms with van der Waals surface area (Å²) in [4.78, 5) is 9.76.